The van der Waals surface area contributed by atoms with Gasteiger partial charge >= 0.3 is 0 Å². The number of aromatic nitrogens is 6. The van der Waals surface area contributed by atoms with Crippen LogP contribution in [0.4, 0.5) is 5.69 Å². The van der Waals surface area contributed by atoms with Crippen molar-refractivity contribution >= 4 is 11.6 Å². The van der Waals surface area contributed by atoms with Gasteiger partial charge in [0, 0.05) is 24.5 Å². The van der Waals surface area contributed by atoms with E-state index in [4.69, 9.17) is 4.74 Å². The second kappa shape index (κ2) is 7.93. The Morgan fingerprint density at radius 1 is 1.17 bits per heavy atom. The maximum absolute atomic E-state index is 12.6. The standard InChI is InChI=1S/C20H19N7O2/c1-26-19(23-24-25-26)15-4-3-5-17(10-15)22-20(28)16-11-21-27(13-16)12-14-6-8-18(29-2)9-7-14/h3-11,13H,12H2,1-2H3,(H,22,28). The van der Waals surface area contributed by atoms with Crippen LogP contribution in [-0.4, -0.2) is 43.0 Å². The van der Waals surface area contributed by atoms with Crippen molar-refractivity contribution in [2.24, 2.45) is 7.05 Å². The van der Waals surface area contributed by atoms with Crippen molar-refractivity contribution in [1.29, 1.82) is 0 Å². The van der Waals surface area contributed by atoms with Gasteiger partial charge in [-0.3, -0.25) is 9.48 Å². The summed E-state index contributed by atoms with van der Waals surface area (Å²) in [7, 11) is 3.39. The lowest BCUT2D eigenvalue weighted by molar-refractivity contribution is 0.102. The third-order valence-corrected chi connectivity index (χ3v) is 4.40. The van der Waals surface area contributed by atoms with Gasteiger partial charge in [0.1, 0.15) is 5.75 Å². The van der Waals surface area contributed by atoms with Gasteiger partial charge in [-0.15, -0.1) is 5.10 Å². The van der Waals surface area contributed by atoms with Crippen molar-refractivity contribution in [3.05, 3.63) is 72.1 Å². The molecule has 2 aromatic heterocycles. The molecular weight excluding hydrogens is 370 g/mol. The second-order valence-electron chi connectivity index (χ2n) is 6.44. The van der Waals surface area contributed by atoms with E-state index >= 15 is 0 Å². The van der Waals surface area contributed by atoms with Gasteiger partial charge in [-0.2, -0.15) is 5.10 Å². The number of benzene rings is 2. The Hall–Kier alpha value is -4.01. The molecule has 9 heteroatoms. The van der Waals surface area contributed by atoms with Crippen LogP contribution in [0, 0.1) is 0 Å². The number of hydrogen-bond acceptors (Lipinski definition) is 6. The van der Waals surface area contributed by atoms with Crippen molar-refractivity contribution < 1.29 is 9.53 Å². The van der Waals surface area contributed by atoms with E-state index in [1.165, 1.54) is 0 Å². The van der Waals surface area contributed by atoms with Gasteiger partial charge in [0.05, 0.1) is 25.4 Å². The Bertz CT molecular complexity index is 1130. The Balaban J connectivity index is 1.45. The van der Waals surface area contributed by atoms with E-state index in [1.54, 1.807) is 35.9 Å². The predicted octanol–water partition coefficient (Wildman–Crippen LogP) is 2.38. The van der Waals surface area contributed by atoms with Crippen LogP contribution in [0.15, 0.2) is 60.9 Å². The molecule has 2 heterocycles. The number of aryl methyl sites for hydroxylation is 1. The number of tetrazole rings is 1. The molecule has 9 nitrogen and oxygen atoms in total. The third kappa shape index (κ3) is 4.13. The fourth-order valence-corrected chi connectivity index (χ4v) is 2.90. The van der Waals surface area contributed by atoms with Crippen LogP contribution < -0.4 is 10.1 Å². The number of methoxy groups -OCH3 is 1. The molecule has 29 heavy (non-hydrogen) atoms. The average molecular weight is 389 g/mol. The van der Waals surface area contributed by atoms with E-state index in [-0.39, 0.29) is 5.91 Å². The molecule has 1 amide bonds. The molecule has 0 unspecified atom stereocenters. The van der Waals surface area contributed by atoms with Gasteiger partial charge in [-0.05, 0) is 40.3 Å². The van der Waals surface area contributed by atoms with Crippen LogP contribution in [0.2, 0.25) is 0 Å². The Morgan fingerprint density at radius 2 is 2.00 bits per heavy atom. The average Bonchev–Trinajstić information content (AvgIpc) is 3.38. The minimum Gasteiger partial charge on any atom is -0.497 e. The van der Waals surface area contributed by atoms with Crippen molar-refractivity contribution in [2.45, 2.75) is 6.54 Å². The first kappa shape index (κ1) is 18.4. The summed E-state index contributed by atoms with van der Waals surface area (Å²) in [6, 6.07) is 15.1. The second-order valence-corrected chi connectivity index (χ2v) is 6.44. The predicted molar refractivity (Wildman–Crippen MR) is 107 cm³/mol. The van der Waals surface area contributed by atoms with Gasteiger partial charge in [0.25, 0.3) is 5.91 Å². The number of nitrogens with one attached hydrogen (secondary N) is 1. The molecule has 4 rings (SSSR count). The number of anilines is 1. The first-order valence-corrected chi connectivity index (χ1v) is 8.92. The first-order valence-electron chi connectivity index (χ1n) is 8.92. The summed E-state index contributed by atoms with van der Waals surface area (Å²) in [4.78, 5) is 12.6. The van der Waals surface area contributed by atoms with E-state index in [1.807, 2.05) is 48.5 Å². The fraction of sp³-hybridized carbons (Fsp3) is 0.150. The highest BCUT2D eigenvalue weighted by Gasteiger charge is 2.11. The van der Waals surface area contributed by atoms with Gasteiger partial charge in [-0.25, -0.2) is 4.68 Å². The Labute approximate surface area is 166 Å². The molecule has 4 aromatic rings. The Morgan fingerprint density at radius 3 is 2.72 bits per heavy atom. The number of ether oxygens (including phenoxy) is 1. The van der Waals surface area contributed by atoms with Crippen LogP contribution in [0.3, 0.4) is 0 Å². The van der Waals surface area contributed by atoms with E-state index in [0.29, 0.717) is 23.6 Å². The monoisotopic (exact) mass is 389 g/mol. The molecule has 0 atom stereocenters. The molecule has 0 fully saturated rings. The van der Waals surface area contributed by atoms with Gasteiger partial charge in [0.15, 0.2) is 5.82 Å². The lowest BCUT2D eigenvalue weighted by Gasteiger charge is -2.06. The number of rotatable bonds is 6. The number of carbonyl (C=O) groups is 1. The normalized spacial score (nSPS) is 10.7. The summed E-state index contributed by atoms with van der Waals surface area (Å²) in [6.07, 6.45) is 3.27. The SMILES string of the molecule is COc1ccc(Cn2cc(C(=O)Nc3cccc(-c4nnnn4C)c3)cn2)cc1. The van der Waals surface area contributed by atoms with E-state index in [0.717, 1.165) is 16.9 Å². The smallest absolute Gasteiger partial charge is 0.258 e. The summed E-state index contributed by atoms with van der Waals surface area (Å²) < 4.78 is 8.46. The molecule has 0 spiro atoms. The molecule has 0 aliphatic rings. The maximum atomic E-state index is 12.6. The molecule has 1 N–H and O–H groups in total. The molecule has 0 saturated carbocycles. The molecule has 0 saturated heterocycles. The summed E-state index contributed by atoms with van der Waals surface area (Å²) in [5.74, 6) is 1.18. The van der Waals surface area contributed by atoms with Crippen molar-refractivity contribution in [3.8, 4) is 17.1 Å². The minimum absolute atomic E-state index is 0.237. The highest BCUT2D eigenvalue weighted by Crippen LogP contribution is 2.20. The molecular formula is C20H19N7O2. The molecule has 0 radical (unpaired) electrons. The fourth-order valence-electron chi connectivity index (χ4n) is 2.90. The minimum atomic E-state index is -0.237. The summed E-state index contributed by atoms with van der Waals surface area (Å²) in [5.41, 5.74) is 3.00. The van der Waals surface area contributed by atoms with Crippen LogP contribution in [0.1, 0.15) is 15.9 Å². The van der Waals surface area contributed by atoms with E-state index in [2.05, 4.69) is 25.9 Å². The third-order valence-electron chi connectivity index (χ3n) is 4.40. The Kier molecular flexibility index (Phi) is 5.02. The zero-order chi connectivity index (χ0) is 20.2. The van der Waals surface area contributed by atoms with Crippen LogP contribution in [0.5, 0.6) is 5.75 Å². The molecule has 146 valence electrons. The largest absolute Gasteiger partial charge is 0.497 e. The van der Waals surface area contributed by atoms with Crippen molar-refractivity contribution in [2.75, 3.05) is 12.4 Å². The highest BCUT2D eigenvalue weighted by molar-refractivity contribution is 6.04. The number of carbonyl (C=O) groups excluding carboxylic acids is 1. The van der Waals surface area contributed by atoms with Crippen molar-refractivity contribution in [1.82, 2.24) is 30.0 Å². The van der Waals surface area contributed by atoms with E-state index < -0.39 is 0 Å². The number of hydrogen-bond donors (Lipinski definition) is 1. The first-order chi connectivity index (χ1) is 14.1. The van der Waals surface area contributed by atoms with Crippen molar-refractivity contribution in [3.63, 3.8) is 0 Å². The van der Waals surface area contributed by atoms with Gasteiger partial charge in [-0.1, -0.05) is 24.3 Å². The number of amides is 1. The van der Waals surface area contributed by atoms with Gasteiger partial charge in [0.2, 0.25) is 0 Å². The number of nitrogens with zero attached hydrogens (tertiary/aromatic N) is 6. The van der Waals surface area contributed by atoms with Crippen LogP contribution in [0.25, 0.3) is 11.4 Å². The lowest BCUT2D eigenvalue weighted by Crippen LogP contribution is -2.11. The molecule has 0 aliphatic heterocycles. The lowest BCUT2D eigenvalue weighted by atomic mass is 10.2. The quantitative estimate of drug-likeness (QED) is 0.543. The zero-order valence-electron chi connectivity index (χ0n) is 16.0. The summed E-state index contributed by atoms with van der Waals surface area (Å²) >= 11 is 0. The van der Waals surface area contributed by atoms with E-state index in [9.17, 15) is 4.79 Å². The van der Waals surface area contributed by atoms with Gasteiger partial charge < -0.3 is 10.1 Å². The van der Waals surface area contributed by atoms with Crippen LogP contribution >= 0.6 is 0 Å². The molecule has 2 aromatic carbocycles. The zero-order valence-corrected chi connectivity index (χ0v) is 16.0. The molecule has 0 aliphatic carbocycles. The maximum Gasteiger partial charge on any atom is 0.258 e. The summed E-state index contributed by atoms with van der Waals surface area (Å²) in [5, 5.41) is 18.6. The van der Waals surface area contributed by atoms with Crippen LogP contribution in [-0.2, 0) is 13.6 Å². The topological polar surface area (TPSA) is 99.7 Å². The molecule has 0 bridgehead atoms. The highest BCUT2D eigenvalue weighted by atomic mass is 16.5. The summed E-state index contributed by atoms with van der Waals surface area (Å²) in [6.45, 7) is 0.561.